The molecule has 1 unspecified atom stereocenters. The van der Waals surface area contributed by atoms with Crippen molar-refractivity contribution in [2.24, 2.45) is 5.41 Å². The molecule has 2 saturated heterocycles. The first-order chi connectivity index (χ1) is 14.6. The molecule has 0 aliphatic carbocycles. The molecule has 2 aliphatic rings. The van der Waals surface area contributed by atoms with Crippen molar-refractivity contribution in [3.05, 3.63) is 0 Å². The second kappa shape index (κ2) is 11.3. The van der Waals surface area contributed by atoms with Gasteiger partial charge in [0.15, 0.2) is 6.10 Å². The first-order valence-electron chi connectivity index (χ1n) is 10.2. The number of amides is 1. The topological polar surface area (TPSA) is 153 Å². The third kappa shape index (κ3) is 7.81. The minimum atomic E-state index is -3.96. The lowest BCUT2D eigenvalue weighted by Crippen LogP contribution is -2.52. The quantitative estimate of drug-likeness (QED) is 0.253. The molecule has 0 spiro atoms. The summed E-state index contributed by atoms with van der Waals surface area (Å²) in [5.41, 5.74) is -0.783. The Labute approximate surface area is 182 Å². The molecule has 0 bridgehead atoms. The van der Waals surface area contributed by atoms with Crippen molar-refractivity contribution in [2.45, 2.75) is 45.4 Å². The first-order valence-corrected chi connectivity index (χ1v) is 11.8. The normalized spacial score (nSPS) is 28.9. The average molecular weight is 464 g/mol. The van der Waals surface area contributed by atoms with Crippen LogP contribution in [0.25, 0.3) is 0 Å². The largest absolute Gasteiger partial charge is 0.469 e. The van der Waals surface area contributed by atoms with Gasteiger partial charge in [0.25, 0.3) is 0 Å². The van der Waals surface area contributed by atoms with Crippen molar-refractivity contribution in [3.8, 4) is 0 Å². The molecule has 2 heterocycles. The molecule has 12 nitrogen and oxygen atoms in total. The van der Waals surface area contributed by atoms with Crippen molar-refractivity contribution in [1.82, 2.24) is 21.0 Å². The Morgan fingerprint density at radius 3 is 2.68 bits per heavy atom. The first kappa shape index (κ1) is 25.7. The highest BCUT2D eigenvalue weighted by Crippen LogP contribution is 2.53. The molecule has 4 atom stereocenters. The van der Waals surface area contributed by atoms with E-state index >= 15 is 0 Å². The highest BCUT2D eigenvalue weighted by atomic mass is 31.2. The van der Waals surface area contributed by atoms with Crippen molar-refractivity contribution in [1.29, 1.82) is 0 Å². The fourth-order valence-corrected chi connectivity index (χ4v) is 4.96. The lowest BCUT2D eigenvalue weighted by Gasteiger charge is -2.40. The van der Waals surface area contributed by atoms with E-state index in [1.54, 1.807) is 13.8 Å². The van der Waals surface area contributed by atoms with E-state index in [-0.39, 0.29) is 32.2 Å². The Balaban J connectivity index is 1.89. The number of rotatable bonds is 9. The molecule has 1 amide bonds. The second-order valence-corrected chi connectivity index (χ2v) is 9.92. The summed E-state index contributed by atoms with van der Waals surface area (Å²) in [6, 6.07) is -0.978. The highest BCUT2D eigenvalue weighted by molar-refractivity contribution is 7.51. The van der Waals surface area contributed by atoms with E-state index in [0.29, 0.717) is 6.54 Å². The summed E-state index contributed by atoms with van der Waals surface area (Å²) in [5.74, 6) is -1.62. The van der Waals surface area contributed by atoms with Crippen LogP contribution in [0.4, 0.5) is 0 Å². The maximum Gasteiger partial charge on any atom is 0.407 e. The van der Waals surface area contributed by atoms with Gasteiger partial charge in [0.2, 0.25) is 5.91 Å². The van der Waals surface area contributed by atoms with Gasteiger partial charge in [0.05, 0.1) is 26.2 Å². The summed E-state index contributed by atoms with van der Waals surface area (Å²) in [5, 5.41) is 11.5. The molecule has 13 heteroatoms. The Kier molecular flexibility index (Phi) is 9.41. The number of nitrogens with one attached hydrogen (secondary N) is 4. The van der Waals surface area contributed by atoms with Gasteiger partial charge in [0.1, 0.15) is 12.6 Å². The lowest BCUT2D eigenvalue weighted by atomic mass is 9.87. The fourth-order valence-electron chi connectivity index (χ4n) is 3.02. The third-order valence-corrected chi connectivity index (χ3v) is 6.57. The Morgan fingerprint density at radius 1 is 1.29 bits per heavy atom. The van der Waals surface area contributed by atoms with Crippen LogP contribution in [0.1, 0.15) is 27.2 Å². The zero-order valence-electron chi connectivity index (χ0n) is 18.4. The number of piperazine rings is 1. The van der Waals surface area contributed by atoms with Gasteiger partial charge >= 0.3 is 19.7 Å². The molecule has 0 radical (unpaired) electrons. The molecular formula is C18H33N4O8P. The summed E-state index contributed by atoms with van der Waals surface area (Å²) in [6.45, 7) is 7.43. The van der Waals surface area contributed by atoms with Crippen molar-refractivity contribution >= 4 is 25.6 Å². The van der Waals surface area contributed by atoms with E-state index in [1.165, 1.54) is 14.0 Å². The van der Waals surface area contributed by atoms with Crippen LogP contribution in [0.3, 0.4) is 0 Å². The summed E-state index contributed by atoms with van der Waals surface area (Å²) < 4.78 is 33.7. The van der Waals surface area contributed by atoms with Gasteiger partial charge in [0, 0.05) is 31.6 Å². The summed E-state index contributed by atoms with van der Waals surface area (Å²) in [7, 11) is -2.70. The number of carbonyl (C=O) groups excluding carboxylic acids is 3. The van der Waals surface area contributed by atoms with Crippen LogP contribution in [0.15, 0.2) is 0 Å². The van der Waals surface area contributed by atoms with E-state index in [2.05, 4.69) is 25.8 Å². The van der Waals surface area contributed by atoms with Gasteiger partial charge in [-0.05, 0) is 6.92 Å². The van der Waals surface area contributed by atoms with Crippen LogP contribution < -0.4 is 21.0 Å². The van der Waals surface area contributed by atoms with Crippen LogP contribution in [-0.2, 0) is 37.5 Å². The maximum absolute atomic E-state index is 13.0. The van der Waals surface area contributed by atoms with Crippen LogP contribution in [0.2, 0.25) is 0 Å². The molecule has 2 aliphatic heterocycles. The number of hydrogen-bond donors (Lipinski definition) is 4. The van der Waals surface area contributed by atoms with Gasteiger partial charge < -0.3 is 25.4 Å². The van der Waals surface area contributed by atoms with Crippen molar-refractivity contribution in [3.63, 3.8) is 0 Å². The second-order valence-electron chi connectivity index (χ2n) is 8.20. The molecule has 0 aromatic rings. The van der Waals surface area contributed by atoms with E-state index in [9.17, 15) is 18.9 Å². The van der Waals surface area contributed by atoms with Gasteiger partial charge in [-0.2, -0.15) is 0 Å². The number of ether oxygens (including phenoxy) is 2. The van der Waals surface area contributed by atoms with Crippen LogP contribution in [-0.4, -0.2) is 82.5 Å². The average Bonchev–Trinajstić information content (AvgIpc) is 2.74. The molecule has 2 rings (SSSR count). The van der Waals surface area contributed by atoms with E-state index < -0.39 is 43.2 Å². The van der Waals surface area contributed by atoms with Crippen molar-refractivity contribution < 1.29 is 37.5 Å². The molecular weight excluding hydrogens is 431 g/mol. The van der Waals surface area contributed by atoms with Crippen molar-refractivity contribution in [2.75, 3.05) is 46.5 Å². The van der Waals surface area contributed by atoms with Gasteiger partial charge in [-0.15, -0.1) is 0 Å². The Hall–Kier alpha value is -1.56. The van der Waals surface area contributed by atoms with E-state index in [1.807, 2.05) is 0 Å². The zero-order chi connectivity index (χ0) is 23.1. The van der Waals surface area contributed by atoms with Crippen LogP contribution in [0.5, 0.6) is 0 Å². The number of methoxy groups -OCH3 is 1. The number of carbonyl (C=O) groups is 3. The monoisotopic (exact) mass is 464 g/mol. The van der Waals surface area contributed by atoms with Crippen LogP contribution >= 0.6 is 7.75 Å². The third-order valence-electron chi connectivity index (χ3n) is 4.91. The van der Waals surface area contributed by atoms with E-state index in [4.69, 9.17) is 13.8 Å². The highest BCUT2D eigenvalue weighted by Gasteiger charge is 2.49. The summed E-state index contributed by atoms with van der Waals surface area (Å²) in [6.07, 6.45) is -1.12. The van der Waals surface area contributed by atoms with Crippen LogP contribution in [0, 0.1) is 5.41 Å². The van der Waals surface area contributed by atoms with Gasteiger partial charge in [-0.3, -0.25) is 23.4 Å². The number of hydrogen-bond acceptors (Lipinski definition) is 10. The standard InChI is InChI=1S/C18H33N4O8P/c1-12(17(25)28-10-13-9-19-7-8-20-13)22-31(26)29-11-18(2,3)15(30-31)16(24)21-6-5-14(23)27-4/h12-13,15,19-20H,5-11H2,1-4H3,(H,21,24)(H,22,26)/t12-,13?,15+,31-/m1/s1. The Morgan fingerprint density at radius 2 is 2.03 bits per heavy atom. The predicted octanol–water partition coefficient (Wildman–Crippen LogP) is -0.702. The minimum absolute atomic E-state index is 0.00181. The SMILES string of the molecule is COC(=O)CCNC(=O)[C@@H]1O[P@@](=O)(N[C@H](C)C(=O)OCC2CNCCN2)OCC1(C)C. The summed E-state index contributed by atoms with van der Waals surface area (Å²) in [4.78, 5) is 36.1. The Bertz CT molecular complexity index is 698. The molecule has 4 N–H and O–H groups in total. The maximum atomic E-state index is 13.0. The summed E-state index contributed by atoms with van der Waals surface area (Å²) >= 11 is 0. The predicted molar refractivity (Wildman–Crippen MR) is 110 cm³/mol. The molecule has 0 aromatic carbocycles. The molecule has 0 aromatic heterocycles. The molecule has 178 valence electrons. The zero-order valence-corrected chi connectivity index (χ0v) is 19.3. The smallest absolute Gasteiger partial charge is 0.407 e. The van der Waals surface area contributed by atoms with E-state index in [0.717, 1.165) is 13.1 Å². The van der Waals surface area contributed by atoms with Gasteiger partial charge in [-0.1, -0.05) is 13.8 Å². The lowest BCUT2D eigenvalue weighted by molar-refractivity contribution is -0.146. The minimum Gasteiger partial charge on any atom is -0.469 e. The fraction of sp³-hybridized carbons (Fsp3) is 0.833. The molecule has 0 saturated carbocycles. The molecule has 2 fully saturated rings. The molecule has 31 heavy (non-hydrogen) atoms. The van der Waals surface area contributed by atoms with Gasteiger partial charge in [-0.25, -0.2) is 9.65 Å². The number of esters is 2.